The Labute approximate surface area is 131 Å². The molecule has 0 fully saturated rings. The minimum absolute atomic E-state index is 0.116. The highest BCUT2D eigenvalue weighted by atomic mass is 32.2. The Balaban J connectivity index is 2.89. The maximum Gasteiger partial charge on any atom is 0.306 e. The van der Waals surface area contributed by atoms with Crippen molar-refractivity contribution in [2.45, 2.75) is 39.0 Å². The van der Waals surface area contributed by atoms with E-state index in [4.69, 9.17) is 0 Å². The van der Waals surface area contributed by atoms with Crippen molar-refractivity contribution in [1.29, 1.82) is 0 Å². The lowest BCUT2D eigenvalue weighted by atomic mass is 9.85. The Hall–Kier alpha value is -1.89. The average Bonchev–Trinajstić information content (AvgIpc) is 2.44. The summed E-state index contributed by atoms with van der Waals surface area (Å²) in [6.45, 7) is 7.13. The molecule has 0 aliphatic rings. The highest BCUT2D eigenvalue weighted by molar-refractivity contribution is 7.89. The SMILES string of the molecule is COC(=O)CC(C)(C)C(C)=NNS(=O)(=O)c1ccc(C)cc1. The minimum atomic E-state index is -3.72. The number of hydrogen-bond donors (Lipinski definition) is 1. The molecule has 0 saturated heterocycles. The molecule has 0 bridgehead atoms. The van der Waals surface area contributed by atoms with Gasteiger partial charge in [-0.25, -0.2) is 4.83 Å². The van der Waals surface area contributed by atoms with E-state index in [1.54, 1.807) is 32.9 Å². The van der Waals surface area contributed by atoms with Crippen LogP contribution >= 0.6 is 0 Å². The van der Waals surface area contributed by atoms with E-state index in [0.29, 0.717) is 5.71 Å². The third kappa shape index (κ3) is 4.84. The molecule has 0 heterocycles. The summed E-state index contributed by atoms with van der Waals surface area (Å²) in [5, 5.41) is 3.92. The van der Waals surface area contributed by atoms with E-state index in [-0.39, 0.29) is 17.3 Å². The van der Waals surface area contributed by atoms with Crippen molar-refractivity contribution in [2.24, 2.45) is 10.5 Å². The van der Waals surface area contributed by atoms with Gasteiger partial charge < -0.3 is 4.74 Å². The highest BCUT2D eigenvalue weighted by Crippen LogP contribution is 2.23. The molecule has 0 aliphatic carbocycles. The Morgan fingerprint density at radius 2 is 1.82 bits per heavy atom. The van der Waals surface area contributed by atoms with E-state index in [2.05, 4.69) is 14.7 Å². The molecule has 1 N–H and O–H groups in total. The monoisotopic (exact) mass is 326 g/mol. The molecule has 122 valence electrons. The first-order valence-corrected chi connectivity index (χ1v) is 8.27. The number of carbonyl (C=O) groups excluding carboxylic acids is 1. The number of ether oxygens (including phenoxy) is 1. The summed E-state index contributed by atoms with van der Waals surface area (Å²) in [5.41, 5.74) is 0.856. The molecule has 1 rings (SSSR count). The second-order valence-corrected chi connectivity index (χ2v) is 7.40. The molecule has 1 aromatic rings. The van der Waals surface area contributed by atoms with E-state index in [1.165, 1.54) is 19.2 Å². The Kier molecular flexibility index (Phi) is 5.71. The maximum atomic E-state index is 12.1. The predicted octanol–water partition coefficient (Wildman–Crippen LogP) is 2.24. The Bertz CT molecular complexity index is 661. The van der Waals surface area contributed by atoms with Crippen LogP contribution in [0.4, 0.5) is 0 Å². The molecule has 0 spiro atoms. The summed E-state index contributed by atoms with van der Waals surface area (Å²) in [5.74, 6) is -0.374. The van der Waals surface area contributed by atoms with Gasteiger partial charge in [0.25, 0.3) is 10.0 Å². The van der Waals surface area contributed by atoms with Crippen LogP contribution in [0.3, 0.4) is 0 Å². The molecule has 0 aromatic heterocycles. The van der Waals surface area contributed by atoms with Crippen molar-refractivity contribution in [3.8, 4) is 0 Å². The van der Waals surface area contributed by atoms with Crippen LogP contribution in [0.2, 0.25) is 0 Å². The van der Waals surface area contributed by atoms with Gasteiger partial charge in [0, 0.05) is 11.1 Å². The lowest BCUT2D eigenvalue weighted by Crippen LogP contribution is -2.29. The van der Waals surface area contributed by atoms with Gasteiger partial charge in [-0.2, -0.15) is 13.5 Å². The normalized spacial score (nSPS) is 12.9. The van der Waals surface area contributed by atoms with E-state index < -0.39 is 15.4 Å². The van der Waals surface area contributed by atoms with Gasteiger partial charge in [0.05, 0.1) is 18.4 Å². The highest BCUT2D eigenvalue weighted by Gasteiger charge is 2.26. The number of hydrazone groups is 1. The number of carbonyl (C=O) groups is 1. The zero-order valence-electron chi connectivity index (χ0n) is 13.5. The maximum absolute atomic E-state index is 12.1. The molecule has 7 heteroatoms. The van der Waals surface area contributed by atoms with Crippen molar-refractivity contribution in [1.82, 2.24) is 4.83 Å². The van der Waals surface area contributed by atoms with E-state index in [0.717, 1.165) is 5.56 Å². The molecule has 0 atom stereocenters. The van der Waals surface area contributed by atoms with Crippen LogP contribution in [0.25, 0.3) is 0 Å². The van der Waals surface area contributed by atoms with Crippen LogP contribution < -0.4 is 4.83 Å². The summed E-state index contributed by atoms with van der Waals surface area (Å²) in [4.78, 5) is 13.7. The number of nitrogens with zero attached hydrogens (tertiary/aromatic N) is 1. The lowest BCUT2D eigenvalue weighted by molar-refractivity contribution is -0.142. The number of hydrogen-bond acceptors (Lipinski definition) is 5. The smallest absolute Gasteiger partial charge is 0.306 e. The molecule has 22 heavy (non-hydrogen) atoms. The molecule has 0 unspecified atom stereocenters. The van der Waals surface area contributed by atoms with Gasteiger partial charge in [-0.15, -0.1) is 0 Å². The molecule has 0 radical (unpaired) electrons. The van der Waals surface area contributed by atoms with Gasteiger partial charge in [-0.1, -0.05) is 31.5 Å². The average molecular weight is 326 g/mol. The first kappa shape index (κ1) is 18.2. The largest absolute Gasteiger partial charge is 0.469 e. The van der Waals surface area contributed by atoms with Crippen molar-refractivity contribution in [3.63, 3.8) is 0 Å². The minimum Gasteiger partial charge on any atom is -0.469 e. The van der Waals surface area contributed by atoms with E-state index in [1.807, 2.05) is 6.92 Å². The van der Waals surface area contributed by atoms with Gasteiger partial charge in [-0.3, -0.25) is 4.79 Å². The molecule has 6 nitrogen and oxygen atoms in total. The number of aryl methyl sites for hydroxylation is 1. The van der Waals surface area contributed by atoms with Gasteiger partial charge in [0.2, 0.25) is 0 Å². The predicted molar refractivity (Wildman–Crippen MR) is 85.0 cm³/mol. The number of nitrogens with one attached hydrogen (secondary N) is 1. The zero-order chi connectivity index (χ0) is 17.0. The van der Waals surface area contributed by atoms with Crippen LogP contribution in [-0.4, -0.2) is 27.2 Å². The third-order valence-corrected chi connectivity index (χ3v) is 4.68. The summed E-state index contributed by atoms with van der Waals surface area (Å²) >= 11 is 0. The molecule has 1 aromatic carbocycles. The van der Waals surface area contributed by atoms with Crippen LogP contribution in [-0.2, 0) is 19.6 Å². The first-order chi connectivity index (χ1) is 10.1. The molecular formula is C15H22N2O4S. The lowest BCUT2D eigenvalue weighted by Gasteiger charge is -2.22. The summed E-state index contributed by atoms with van der Waals surface area (Å²) in [6, 6.07) is 6.46. The molecular weight excluding hydrogens is 304 g/mol. The summed E-state index contributed by atoms with van der Waals surface area (Å²) in [6.07, 6.45) is 0.116. The van der Waals surface area contributed by atoms with Gasteiger partial charge in [-0.05, 0) is 26.0 Å². The van der Waals surface area contributed by atoms with Crippen molar-refractivity contribution >= 4 is 21.7 Å². The van der Waals surface area contributed by atoms with E-state index in [9.17, 15) is 13.2 Å². The number of esters is 1. The molecule has 0 aliphatic heterocycles. The van der Waals surface area contributed by atoms with Crippen molar-refractivity contribution in [3.05, 3.63) is 29.8 Å². The topological polar surface area (TPSA) is 84.8 Å². The van der Waals surface area contributed by atoms with Gasteiger partial charge in [0.15, 0.2) is 0 Å². The quantitative estimate of drug-likeness (QED) is 0.493. The Morgan fingerprint density at radius 1 is 1.27 bits per heavy atom. The van der Waals surface area contributed by atoms with Crippen LogP contribution in [0.15, 0.2) is 34.3 Å². The molecule has 0 amide bonds. The first-order valence-electron chi connectivity index (χ1n) is 6.78. The fraction of sp³-hybridized carbons (Fsp3) is 0.467. The van der Waals surface area contributed by atoms with Crippen molar-refractivity contribution < 1.29 is 17.9 Å². The van der Waals surface area contributed by atoms with E-state index >= 15 is 0 Å². The second-order valence-electron chi connectivity index (χ2n) is 5.74. The van der Waals surface area contributed by atoms with Gasteiger partial charge in [0.1, 0.15) is 0 Å². The zero-order valence-corrected chi connectivity index (χ0v) is 14.3. The number of benzene rings is 1. The number of rotatable bonds is 6. The fourth-order valence-electron chi connectivity index (χ4n) is 1.61. The Morgan fingerprint density at radius 3 is 2.32 bits per heavy atom. The van der Waals surface area contributed by atoms with Crippen molar-refractivity contribution in [2.75, 3.05) is 7.11 Å². The standard InChI is InChI=1S/C15H22N2O4S/c1-11-6-8-13(9-7-11)22(19,20)17-16-12(2)15(3,4)10-14(18)21-5/h6-9,17H,10H2,1-5H3. The van der Waals surface area contributed by atoms with Crippen LogP contribution in [0.1, 0.15) is 32.8 Å². The third-order valence-electron chi connectivity index (χ3n) is 3.46. The van der Waals surface area contributed by atoms with Crippen LogP contribution in [0, 0.1) is 12.3 Å². The summed E-state index contributed by atoms with van der Waals surface area (Å²) in [7, 11) is -2.41. The van der Waals surface area contributed by atoms with Crippen LogP contribution in [0.5, 0.6) is 0 Å². The number of methoxy groups -OCH3 is 1. The summed E-state index contributed by atoms with van der Waals surface area (Å²) < 4.78 is 28.9. The fourth-order valence-corrected chi connectivity index (χ4v) is 2.47. The number of sulfonamides is 1. The molecule has 0 saturated carbocycles. The second kappa shape index (κ2) is 6.91. The van der Waals surface area contributed by atoms with Gasteiger partial charge >= 0.3 is 5.97 Å².